The van der Waals surface area contributed by atoms with Crippen molar-refractivity contribution in [2.24, 2.45) is 0 Å². The molecule has 2 aromatic rings. The van der Waals surface area contributed by atoms with E-state index in [9.17, 15) is 0 Å². The first-order valence-electron chi connectivity index (χ1n) is 5.03. The molecule has 5 heteroatoms. The van der Waals surface area contributed by atoms with Crippen LogP contribution in [0.3, 0.4) is 0 Å². The Morgan fingerprint density at radius 3 is 2.62 bits per heavy atom. The fourth-order valence-corrected chi connectivity index (χ4v) is 1.69. The van der Waals surface area contributed by atoms with Gasteiger partial charge in [0.2, 0.25) is 5.89 Å². The second-order valence-electron chi connectivity index (χ2n) is 3.56. The second-order valence-corrected chi connectivity index (χ2v) is 4.34. The largest absolute Gasteiger partial charge is 0.453 e. The molecule has 0 amide bonds. The number of oxazole rings is 1. The highest BCUT2D eigenvalue weighted by Gasteiger charge is 2.05. The Labute approximate surface area is 102 Å². The van der Waals surface area contributed by atoms with Gasteiger partial charge >= 0.3 is 0 Å². The summed E-state index contributed by atoms with van der Waals surface area (Å²) in [6.07, 6.45) is 0. The third-order valence-electron chi connectivity index (χ3n) is 2.28. The van der Waals surface area contributed by atoms with E-state index in [0.717, 1.165) is 21.9 Å². The Morgan fingerprint density at radius 2 is 2.06 bits per heavy atom. The summed E-state index contributed by atoms with van der Waals surface area (Å²) >= 11 is 3.26. The number of aromatic nitrogens is 1. The number of hydrogen-bond acceptors (Lipinski definition) is 4. The van der Waals surface area contributed by atoms with Crippen LogP contribution in [-0.2, 0) is 13.1 Å². The van der Waals surface area contributed by atoms with Crippen LogP contribution < -0.4 is 5.32 Å². The van der Waals surface area contributed by atoms with Gasteiger partial charge in [-0.05, 0) is 41.9 Å². The van der Waals surface area contributed by atoms with Crippen LogP contribution in [0.2, 0.25) is 0 Å². The second kappa shape index (κ2) is 4.84. The lowest BCUT2D eigenvalue weighted by atomic mass is 10.4. The van der Waals surface area contributed by atoms with Gasteiger partial charge in [-0.3, -0.25) is 0 Å². The summed E-state index contributed by atoms with van der Waals surface area (Å²) < 4.78 is 11.5. The molecule has 0 atom stereocenters. The normalized spacial score (nSPS) is 10.9. The predicted octanol–water partition coefficient (Wildman–Crippen LogP) is 2.94. The summed E-state index contributed by atoms with van der Waals surface area (Å²) in [4.78, 5) is 4.28. The van der Waals surface area contributed by atoms with Crippen molar-refractivity contribution in [3.63, 3.8) is 0 Å². The van der Waals surface area contributed by atoms with Crippen molar-refractivity contribution in [1.29, 1.82) is 0 Å². The maximum Gasteiger partial charge on any atom is 0.208 e. The molecule has 86 valence electrons. The zero-order chi connectivity index (χ0) is 11.5. The highest BCUT2D eigenvalue weighted by atomic mass is 79.9. The SMILES string of the molecule is Cc1nc(CNCc2ccc(Br)o2)oc1C. The molecule has 0 radical (unpaired) electrons. The molecule has 0 saturated carbocycles. The van der Waals surface area contributed by atoms with Gasteiger partial charge in [-0.15, -0.1) is 0 Å². The minimum atomic E-state index is 0.604. The topological polar surface area (TPSA) is 51.2 Å². The van der Waals surface area contributed by atoms with E-state index in [-0.39, 0.29) is 0 Å². The number of rotatable bonds is 4. The molecule has 0 unspecified atom stereocenters. The van der Waals surface area contributed by atoms with E-state index >= 15 is 0 Å². The van der Waals surface area contributed by atoms with E-state index in [1.54, 1.807) is 0 Å². The lowest BCUT2D eigenvalue weighted by molar-refractivity contribution is 0.426. The van der Waals surface area contributed by atoms with Gasteiger partial charge in [-0.2, -0.15) is 0 Å². The van der Waals surface area contributed by atoms with E-state index in [0.29, 0.717) is 19.0 Å². The molecule has 0 saturated heterocycles. The molecule has 2 heterocycles. The van der Waals surface area contributed by atoms with E-state index < -0.39 is 0 Å². The van der Waals surface area contributed by atoms with E-state index in [4.69, 9.17) is 8.83 Å². The Bertz CT molecular complexity index is 457. The van der Waals surface area contributed by atoms with E-state index in [1.807, 2.05) is 26.0 Å². The maximum absolute atomic E-state index is 5.44. The zero-order valence-corrected chi connectivity index (χ0v) is 10.8. The maximum atomic E-state index is 5.44. The van der Waals surface area contributed by atoms with Crippen LogP contribution in [0, 0.1) is 13.8 Å². The Hall–Kier alpha value is -1.07. The molecule has 0 aliphatic carbocycles. The van der Waals surface area contributed by atoms with Crippen LogP contribution in [-0.4, -0.2) is 4.98 Å². The molecule has 4 nitrogen and oxygen atoms in total. The average molecular weight is 285 g/mol. The quantitative estimate of drug-likeness (QED) is 0.938. The summed E-state index contributed by atoms with van der Waals surface area (Å²) in [7, 11) is 0. The fraction of sp³-hybridized carbons (Fsp3) is 0.364. The monoisotopic (exact) mass is 284 g/mol. The lowest BCUT2D eigenvalue weighted by Gasteiger charge is -1.98. The van der Waals surface area contributed by atoms with Crippen LogP contribution in [0.1, 0.15) is 23.1 Å². The zero-order valence-electron chi connectivity index (χ0n) is 9.21. The molecule has 0 fully saturated rings. The number of hydrogen-bond donors (Lipinski definition) is 1. The van der Waals surface area contributed by atoms with Gasteiger partial charge in [-0.25, -0.2) is 4.98 Å². The Morgan fingerprint density at radius 1 is 1.25 bits per heavy atom. The van der Waals surface area contributed by atoms with Crippen molar-refractivity contribution in [2.75, 3.05) is 0 Å². The van der Waals surface area contributed by atoms with Crippen LogP contribution >= 0.6 is 15.9 Å². The van der Waals surface area contributed by atoms with Crippen LogP contribution in [0.5, 0.6) is 0 Å². The first kappa shape index (κ1) is 11.4. The molecule has 0 spiro atoms. The number of nitrogens with one attached hydrogen (secondary N) is 1. The summed E-state index contributed by atoms with van der Waals surface area (Å²) in [6.45, 7) is 5.11. The highest BCUT2D eigenvalue weighted by molar-refractivity contribution is 9.10. The first-order chi connectivity index (χ1) is 7.65. The standard InChI is InChI=1S/C11H13BrN2O2/c1-7-8(2)15-11(14-7)6-13-5-9-3-4-10(12)16-9/h3-4,13H,5-6H2,1-2H3. The smallest absolute Gasteiger partial charge is 0.208 e. The molecule has 2 rings (SSSR count). The highest BCUT2D eigenvalue weighted by Crippen LogP contribution is 2.14. The average Bonchev–Trinajstić information content (AvgIpc) is 2.75. The van der Waals surface area contributed by atoms with Gasteiger partial charge in [0.1, 0.15) is 11.5 Å². The molecule has 0 aliphatic rings. The van der Waals surface area contributed by atoms with E-state index in [1.165, 1.54) is 0 Å². The molecular formula is C11H13BrN2O2. The summed E-state index contributed by atoms with van der Waals surface area (Å²) in [6, 6.07) is 3.79. The number of nitrogens with zero attached hydrogens (tertiary/aromatic N) is 1. The Kier molecular flexibility index (Phi) is 3.46. The van der Waals surface area contributed by atoms with Crippen molar-refractivity contribution in [1.82, 2.24) is 10.3 Å². The molecule has 2 aromatic heterocycles. The van der Waals surface area contributed by atoms with Crippen molar-refractivity contribution in [3.8, 4) is 0 Å². The molecule has 0 aliphatic heterocycles. The molecule has 1 N–H and O–H groups in total. The first-order valence-corrected chi connectivity index (χ1v) is 5.82. The van der Waals surface area contributed by atoms with Crippen molar-refractivity contribution < 1.29 is 8.83 Å². The molecular weight excluding hydrogens is 272 g/mol. The van der Waals surface area contributed by atoms with Crippen LogP contribution in [0.15, 0.2) is 25.6 Å². The fourth-order valence-electron chi connectivity index (χ4n) is 1.35. The van der Waals surface area contributed by atoms with Crippen molar-refractivity contribution in [3.05, 3.63) is 39.9 Å². The van der Waals surface area contributed by atoms with Gasteiger partial charge in [0.05, 0.1) is 18.8 Å². The van der Waals surface area contributed by atoms with Crippen LogP contribution in [0.4, 0.5) is 0 Å². The molecule has 16 heavy (non-hydrogen) atoms. The predicted molar refractivity (Wildman–Crippen MR) is 62.9 cm³/mol. The van der Waals surface area contributed by atoms with Gasteiger partial charge < -0.3 is 14.2 Å². The van der Waals surface area contributed by atoms with Gasteiger partial charge in [0.25, 0.3) is 0 Å². The number of aryl methyl sites for hydroxylation is 2. The summed E-state index contributed by atoms with van der Waals surface area (Å²) in [5, 5.41) is 3.20. The Balaban J connectivity index is 1.84. The van der Waals surface area contributed by atoms with Gasteiger partial charge in [0, 0.05) is 0 Å². The molecule has 0 aromatic carbocycles. The van der Waals surface area contributed by atoms with Crippen LogP contribution in [0.25, 0.3) is 0 Å². The number of furan rings is 1. The summed E-state index contributed by atoms with van der Waals surface area (Å²) in [5.74, 6) is 2.46. The minimum absolute atomic E-state index is 0.604. The third-order valence-corrected chi connectivity index (χ3v) is 2.70. The van der Waals surface area contributed by atoms with Crippen molar-refractivity contribution in [2.45, 2.75) is 26.9 Å². The lowest BCUT2D eigenvalue weighted by Crippen LogP contribution is -2.12. The molecule has 0 bridgehead atoms. The number of halogens is 1. The minimum Gasteiger partial charge on any atom is -0.453 e. The van der Waals surface area contributed by atoms with Gasteiger partial charge in [0.15, 0.2) is 4.67 Å². The summed E-state index contributed by atoms with van der Waals surface area (Å²) in [5.41, 5.74) is 0.942. The van der Waals surface area contributed by atoms with Crippen molar-refractivity contribution >= 4 is 15.9 Å². The van der Waals surface area contributed by atoms with E-state index in [2.05, 4.69) is 26.2 Å². The van der Waals surface area contributed by atoms with Gasteiger partial charge in [-0.1, -0.05) is 0 Å². The third kappa shape index (κ3) is 2.74.